The minimum absolute atomic E-state index is 0. The zero-order valence-electron chi connectivity index (χ0n) is 28.0. The van der Waals surface area contributed by atoms with E-state index in [1.807, 2.05) is 0 Å². The molecular formula is C35H69NaO4S. The zero-order valence-corrected chi connectivity index (χ0v) is 30.8. The van der Waals surface area contributed by atoms with Gasteiger partial charge >= 0.3 is 29.6 Å². The molecule has 0 aliphatic rings. The molecule has 0 saturated carbocycles. The van der Waals surface area contributed by atoms with E-state index in [1.165, 1.54) is 167 Å². The van der Waals surface area contributed by atoms with E-state index in [2.05, 4.69) is 30.2 Å². The fourth-order valence-corrected chi connectivity index (χ4v) is 5.92. The average molecular weight is 609 g/mol. The third-order valence-corrected chi connectivity index (χ3v) is 8.66. The van der Waals surface area contributed by atoms with Crippen molar-refractivity contribution in [2.45, 2.75) is 200 Å². The van der Waals surface area contributed by atoms with Gasteiger partial charge in [0.1, 0.15) is 0 Å². The van der Waals surface area contributed by atoms with Crippen LogP contribution in [-0.2, 0) is 14.6 Å². The SMILES string of the molecule is CCCCCCCCCCCCCCCCCCC/C=C/C(CCCCCCCCCCCC)COS(=O)(=O)[O-].[Na+]. The van der Waals surface area contributed by atoms with Crippen molar-refractivity contribution in [3.63, 3.8) is 0 Å². The molecule has 0 aromatic carbocycles. The fraction of sp³-hybridized carbons (Fsp3) is 0.943. The van der Waals surface area contributed by atoms with E-state index in [0.29, 0.717) is 0 Å². The Morgan fingerprint density at radius 2 is 0.854 bits per heavy atom. The Morgan fingerprint density at radius 3 is 1.20 bits per heavy atom. The number of allylic oxidation sites excluding steroid dienone is 1. The number of unbranched alkanes of at least 4 members (excludes halogenated alkanes) is 26. The predicted molar refractivity (Wildman–Crippen MR) is 174 cm³/mol. The third-order valence-electron chi connectivity index (χ3n) is 8.24. The first kappa shape index (κ1) is 43.7. The third kappa shape index (κ3) is 38.6. The molecule has 0 aromatic rings. The Kier molecular flexibility index (Phi) is 37.4. The molecule has 0 aliphatic heterocycles. The van der Waals surface area contributed by atoms with Crippen LogP contribution in [-0.4, -0.2) is 19.6 Å². The van der Waals surface area contributed by atoms with Crippen LogP contribution in [0.4, 0.5) is 0 Å². The predicted octanol–water partition coefficient (Wildman–Crippen LogP) is 8.99. The van der Waals surface area contributed by atoms with Gasteiger partial charge in [-0.3, -0.25) is 4.18 Å². The molecule has 1 unspecified atom stereocenters. The summed E-state index contributed by atoms with van der Waals surface area (Å²) in [5, 5.41) is 0. The normalized spacial score (nSPS) is 12.7. The van der Waals surface area contributed by atoms with E-state index in [9.17, 15) is 13.0 Å². The van der Waals surface area contributed by atoms with Crippen LogP contribution in [0.15, 0.2) is 12.2 Å². The summed E-state index contributed by atoms with van der Waals surface area (Å²) in [6.45, 7) is 4.52. The first-order valence-corrected chi connectivity index (χ1v) is 19.1. The topological polar surface area (TPSA) is 66.4 Å². The van der Waals surface area contributed by atoms with Gasteiger partial charge in [-0.05, 0) is 19.3 Å². The molecule has 0 saturated heterocycles. The second-order valence-electron chi connectivity index (χ2n) is 12.3. The van der Waals surface area contributed by atoms with Crippen LogP contribution in [0.25, 0.3) is 0 Å². The first-order chi connectivity index (χ1) is 19.5. The molecule has 41 heavy (non-hydrogen) atoms. The van der Waals surface area contributed by atoms with Gasteiger partial charge in [0.25, 0.3) is 0 Å². The molecule has 4 nitrogen and oxygen atoms in total. The summed E-state index contributed by atoms with van der Waals surface area (Å²) in [6, 6.07) is 0. The quantitative estimate of drug-likeness (QED) is 0.0245. The Hall–Kier alpha value is 0.610. The summed E-state index contributed by atoms with van der Waals surface area (Å²) in [5.41, 5.74) is 0. The molecule has 0 rings (SSSR count). The van der Waals surface area contributed by atoms with Crippen molar-refractivity contribution in [2.75, 3.05) is 6.61 Å². The van der Waals surface area contributed by atoms with Crippen LogP contribution in [0.2, 0.25) is 0 Å². The van der Waals surface area contributed by atoms with Crippen molar-refractivity contribution in [2.24, 2.45) is 5.92 Å². The first-order valence-electron chi connectivity index (χ1n) is 17.8. The van der Waals surface area contributed by atoms with Gasteiger partial charge in [-0.25, -0.2) is 8.42 Å². The van der Waals surface area contributed by atoms with Crippen molar-refractivity contribution in [3.05, 3.63) is 12.2 Å². The molecule has 6 heteroatoms. The van der Waals surface area contributed by atoms with Gasteiger partial charge in [0.2, 0.25) is 10.4 Å². The van der Waals surface area contributed by atoms with Gasteiger partial charge in [0.15, 0.2) is 0 Å². The Morgan fingerprint density at radius 1 is 0.537 bits per heavy atom. The fourth-order valence-electron chi connectivity index (χ4n) is 5.58. The second-order valence-corrected chi connectivity index (χ2v) is 13.3. The zero-order chi connectivity index (χ0) is 29.4. The standard InChI is InChI=1S/C35H70O4S.Na/c1-3-5-7-9-11-13-15-16-17-18-19-20-21-22-23-25-27-29-31-33-35(34-39-40(36,37)38)32-30-28-26-24-14-12-10-8-6-4-2;/h31,33,35H,3-30,32,34H2,1-2H3,(H,36,37,38);/q;+1/p-1/b33-31+;. The second kappa shape index (κ2) is 35.1. The number of hydrogen-bond donors (Lipinski definition) is 0. The Labute approximate surface area is 280 Å². The van der Waals surface area contributed by atoms with E-state index in [-0.39, 0.29) is 42.1 Å². The summed E-state index contributed by atoms with van der Waals surface area (Å²) in [6.07, 6.45) is 42.5. The molecular weight excluding hydrogens is 539 g/mol. The molecule has 0 fully saturated rings. The Bertz CT molecular complexity index is 624. The molecule has 0 spiro atoms. The van der Waals surface area contributed by atoms with Gasteiger partial charge in [-0.2, -0.15) is 0 Å². The molecule has 240 valence electrons. The minimum atomic E-state index is -4.62. The molecule has 0 radical (unpaired) electrons. The summed E-state index contributed by atoms with van der Waals surface area (Å²) in [7, 11) is -4.62. The molecule has 0 aliphatic carbocycles. The molecule has 0 aromatic heterocycles. The van der Waals surface area contributed by atoms with Crippen molar-refractivity contribution in [1.82, 2.24) is 0 Å². The van der Waals surface area contributed by atoms with Gasteiger partial charge < -0.3 is 4.55 Å². The summed E-state index contributed by atoms with van der Waals surface area (Å²) >= 11 is 0. The Balaban J connectivity index is 0. The molecule has 0 amide bonds. The molecule has 0 bridgehead atoms. The van der Waals surface area contributed by atoms with E-state index < -0.39 is 10.4 Å². The summed E-state index contributed by atoms with van der Waals surface area (Å²) in [4.78, 5) is 0. The summed E-state index contributed by atoms with van der Waals surface area (Å²) in [5.74, 6) is 0.0172. The van der Waals surface area contributed by atoms with Crippen LogP contribution < -0.4 is 29.6 Å². The van der Waals surface area contributed by atoms with Gasteiger partial charge in [0.05, 0.1) is 6.61 Å². The molecule has 1 atom stereocenters. The van der Waals surface area contributed by atoms with Crippen LogP contribution in [0.5, 0.6) is 0 Å². The van der Waals surface area contributed by atoms with Gasteiger partial charge in [-0.1, -0.05) is 193 Å². The van der Waals surface area contributed by atoms with E-state index in [1.54, 1.807) is 0 Å². The maximum atomic E-state index is 10.9. The largest absolute Gasteiger partial charge is 1.00 e. The van der Waals surface area contributed by atoms with Gasteiger partial charge in [-0.15, -0.1) is 0 Å². The van der Waals surface area contributed by atoms with Gasteiger partial charge in [0, 0.05) is 5.92 Å². The van der Waals surface area contributed by atoms with E-state index in [0.717, 1.165) is 19.3 Å². The number of rotatable bonds is 33. The van der Waals surface area contributed by atoms with Crippen molar-refractivity contribution >= 4 is 10.4 Å². The smallest absolute Gasteiger partial charge is 0.726 e. The number of hydrogen-bond acceptors (Lipinski definition) is 4. The maximum absolute atomic E-state index is 10.9. The minimum Gasteiger partial charge on any atom is -0.726 e. The molecule has 0 N–H and O–H groups in total. The van der Waals surface area contributed by atoms with Crippen LogP contribution in [0.3, 0.4) is 0 Å². The van der Waals surface area contributed by atoms with Crippen LogP contribution in [0.1, 0.15) is 200 Å². The summed E-state index contributed by atoms with van der Waals surface area (Å²) < 4.78 is 37.4. The maximum Gasteiger partial charge on any atom is 1.00 e. The van der Waals surface area contributed by atoms with Crippen LogP contribution in [0, 0.1) is 5.92 Å². The van der Waals surface area contributed by atoms with E-state index >= 15 is 0 Å². The monoisotopic (exact) mass is 608 g/mol. The van der Waals surface area contributed by atoms with Crippen molar-refractivity contribution in [1.29, 1.82) is 0 Å². The molecule has 0 heterocycles. The van der Waals surface area contributed by atoms with E-state index in [4.69, 9.17) is 0 Å². The van der Waals surface area contributed by atoms with Crippen LogP contribution >= 0.6 is 0 Å². The van der Waals surface area contributed by atoms with Crippen molar-refractivity contribution in [3.8, 4) is 0 Å². The average Bonchev–Trinajstić information content (AvgIpc) is 2.93. The van der Waals surface area contributed by atoms with Crippen molar-refractivity contribution < 1.29 is 46.7 Å².